The number of hydrogen-bond acceptors (Lipinski definition) is 4. The maximum absolute atomic E-state index is 14.4. The molecule has 202 valence electrons. The molecule has 0 saturated carbocycles. The number of aliphatic hydroxyl groups is 1. The zero-order valence-electron chi connectivity index (χ0n) is 20.7. The normalized spacial score (nSPS) is 14.1. The first-order valence-corrected chi connectivity index (χ1v) is 11.6. The summed E-state index contributed by atoms with van der Waals surface area (Å²) < 4.78 is 85.4. The highest BCUT2D eigenvalue weighted by Crippen LogP contribution is 2.44. The number of alkyl halides is 3. The number of aryl methyl sites for hydroxylation is 1. The van der Waals surface area contributed by atoms with Crippen LogP contribution in [-0.2, 0) is 5.41 Å². The quantitative estimate of drug-likeness (QED) is 0.235. The molecule has 1 aromatic heterocycles. The van der Waals surface area contributed by atoms with Gasteiger partial charge < -0.3 is 15.5 Å². The molecular weight excluding hydrogens is 512 g/mol. The Morgan fingerprint density at radius 2 is 1.61 bits per heavy atom. The number of phenolic OH excluding ortho intramolecular Hbond substituents is 1. The van der Waals surface area contributed by atoms with Crippen molar-refractivity contribution < 1.29 is 36.6 Å². The lowest BCUT2D eigenvalue weighted by atomic mass is 9.74. The van der Waals surface area contributed by atoms with E-state index in [0.717, 1.165) is 24.3 Å². The van der Waals surface area contributed by atoms with Crippen LogP contribution in [0.5, 0.6) is 5.75 Å². The van der Waals surface area contributed by atoms with Crippen LogP contribution in [0.15, 0.2) is 54.7 Å². The first-order chi connectivity index (χ1) is 17.6. The van der Waals surface area contributed by atoms with Gasteiger partial charge in [-0.25, -0.2) is 17.9 Å². The van der Waals surface area contributed by atoms with E-state index in [-0.39, 0.29) is 16.9 Å². The van der Waals surface area contributed by atoms with Crippen LogP contribution < -0.4 is 5.32 Å². The molecule has 11 heteroatoms. The number of benzene rings is 3. The number of aromatic hydroxyl groups is 1. The van der Waals surface area contributed by atoms with Crippen LogP contribution in [0.2, 0.25) is 0 Å². The zero-order chi connectivity index (χ0) is 28.0. The molecule has 0 saturated heterocycles. The van der Waals surface area contributed by atoms with Gasteiger partial charge in [0.15, 0.2) is 11.4 Å². The van der Waals surface area contributed by atoms with Crippen LogP contribution >= 0.6 is 0 Å². The van der Waals surface area contributed by atoms with E-state index in [0.29, 0.717) is 22.5 Å². The van der Waals surface area contributed by atoms with Crippen molar-refractivity contribution >= 4 is 16.6 Å². The molecule has 5 nitrogen and oxygen atoms in total. The molecule has 0 fully saturated rings. The fourth-order valence-electron chi connectivity index (χ4n) is 4.64. The van der Waals surface area contributed by atoms with Crippen molar-refractivity contribution in [1.82, 2.24) is 9.78 Å². The summed E-state index contributed by atoms with van der Waals surface area (Å²) in [5.74, 6) is -2.78. The van der Waals surface area contributed by atoms with E-state index in [1.54, 1.807) is 19.1 Å². The molecule has 0 unspecified atom stereocenters. The number of nitrogens with one attached hydrogen (secondary N) is 1. The molecule has 38 heavy (non-hydrogen) atoms. The Morgan fingerprint density at radius 1 is 0.947 bits per heavy atom. The largest absolute Gasteiger partial charge is 0.508 e. The van der Waals surface area contributed by atoms with E-state index in [1.165, 1.54) is 30.8 Å². The van der Waals surface area contributed by atoms with Crippen molar-refractivity contribution in [3.05, 3.63) is 83.3 Å². The molecule has 4 aromatic rings. The fraction of sp³-hybridized carbons (Fsp3) is 0.296. The standard InChI is InChI=1S/C27H25F6N3O2/c1-15-8-21(18-12-35-36(23(18)9-15)22-6-4-17(29)11-20(22)30)34-14-26(38,27(31,32)33)13-25(2,3)19-10-16(28)5-7-24(19)37/h4-12,34,37-38H,13-14H2,1-3H3/t26-/m1/s1. The van der Waals surface area contributed by atoms with E-state index in [4.69, 9.17) is 0 Å². The van der Waals surface area contributed by atoms with Gasteiger partial charge >= 0.3 is 6.18 Å². The zero-order valence-corrected chi connectivity index (χ0v) is 20.7. The second-order valence-electron chi connectivity index (χ2n) is 10.0. The lowest BCUT2D eigenvalue weighted by Gasteiger charge is -2.38. The van der Waals surface area contributed by atoms with Crippen molar-refractivity contribution in [3.63, 3.8) is 0 Å². The van der Waals surface area contributed by atoms with Gasteiger partial charge in [0.25, 0.3) is 0 Å². The second-order valence-corrected chi connectivity index (χ2v) is 10.0. The van der Waals surface area contributed by atoms with Crippen LogP contribution in [0.1, 0.15) is 31.4 Å². The average molecular weight is 538 g/mol. The summed E-state index contributed by atoms with van der Waals surface area (Å²) in [5.41, 5.74) is -3.76. The number of rotatable bonds is 7. The predicted octanol–water partition coefficient (Wildman–Crippen LogP) is 6.53. The molecule has 0 spiro atoms. The first-order valence-electron chi connectivity index (χ1n) is 11.6. The first kappa shape index (κ1) is 27.3. The number of hydrogen-bond donors (Lipinski definition) is 3. The Hall–Kier alpha value is -3.73. The van der Waals surface area contributed by atoms with Crippen molar-refractivity contribution in [2.75, 3.05) is 11.9 Å². The van der Waals surface area contributed by atoms with E-state index in [9.17, 15) is 36.6 Å². The third-order valence-corrected chi connectivity index (χ3v) is 6.49. The maximum atomic E-state index is 14.4. The van der Waals surface area contributed by atoms with Gasteiger partial charge in [-0.3, -0.25) is 0 Å². The number of halogens is 6. The minimum absolute atomic E-state index is 0.0543. The van der Waals surface area contributed by atoms with Crippen molar-refractivity contribution in [2.24, 2.45) is 0 Å². The van der Waals surface area contributed by atoms with Crippen molar-refractivity contribution in [3.8, 4) is 11.4 Å². The summed E-state index contributed by atoms with van der Waals surface area (Å²) in [7, 11) is 0. The number of phenols is 1. The number of fused-ring (bicyclic) bond motifs is 1. The Balaban J connectivity index is 1.69. The van der Waals surface area contributed by atoms with Gasteiger partial charge in [-0.15, -0.1) is 0 Å². The molecule has 0 amide bonds. The van der Waals surface area contributed by atoms with Gasteiger partial charge in [0.2, 0.25) is 0 Å². The summed E-state index contributed by atoms with van der Waals surface area (Å²) in [4.78, 5) is 0. The summed E-state index contributed by atoms with van der Waals surface area (Å²) >= 11 is 0. The summed E-state index contributed by atoms with van der Waals surface area (Å²) in [6.45, 7) is 3.42. The number of nitrogens with zero attached hydrogens (tertiary/aromatic N) is 2. The molecule has 0 aliphatic rings. The minimum atomic E-state index is -5.09. The van der Waals surface area contributed by atoms with Gasteiger partial charge in [0.1, 0.15) is 23.1 Å². The summed E-state index contributed by atoms with van der Waals surface area (Å²) in [6, 6.07) is 9.10. The molecule has 3 aromatic carbocycles. The molecule has 0 aliphatic heterocycles. The molecule has 1 heterocycles. The number of anilines is 1. The van der Waals surface area contributed by atoms with Crippen LogP contribution in [0.3, 0.4) is 0 Å². The highest BCUT2D eigenvalue weighted by atomic mass is 19.4. The average Bonchev–Trinajstić information content (AvgIpc) is 3.21. The Bertz CT molecular complexity index is 1500. The van der Waals surface area contributed by atoms with E-state index >= 15 is 0 Å². The molecule has 3 N–H and O–H groups in total. The second kappa shape index (κ2) is 9.54. The van der Waals surface area contributed by atoms with Gasteiger partial charge in [-0.1, -0.05) is 13.8 Å². The Kier molecular flexibility index (Phi) is 6.85. The van der Waals surface area contributed by atoms with Crippen LogP contribution in [0.25, 0.3) is 16.6 Å². The topological polar surface area (TPSA) is 70.3 Å². The monoisotopic (exact) mass is 537 g/mol. The van der Waals surface area contributed by atoms with Crippen LogP contribution in [-0.4, -0.2) is 38.3 Å². The SMILES string of the molecule is Cc1cc(NC[C@](O)(CC(C)(C)c2cc(F)ccc2O)C(F)(F)F)c2cnn(-c3ccc(F)cc3F)c2c1. The van der Waals surface area contributed by atoms with Gasteiger partial charge in [-0.05, 0) is 66.8 Å². The molecule has 0 aliphatic carbocycles. The molecule has 1 atom stereocenters. The maximum Gasteiger partial charge on any atom is 0.418 e. The molecule has 0 radical (unpaired) electrons. The van der Waals surface area contributed by atoms with Crippen molar-refractivity contribution in [1.29, 1.82) is 0 Å². The van der Waals surface area contributed by atoms with Crippen LogP contribution in [0.4, 0.5) is 32.0 Å². The van der Waals surface area contributed by atoms with E-state index < -0.39 is 53.4 Å². The third-order valence-electron chi connectivity index (χ3n) is 6.49. The lowest BCUT2D eigenvalue weighted by Crippen LogP contribution is -2.53. The summed E-state index contributed by atoms with van der Waals surface area (Å²) in [6.07, 6.45) is -4.67. The highest BCUT2D eigenvalue weighted by molar-refractivity contribution is 5.93. The Morgan fingerprint density at radius 3 is 2.26 bits per heavy atom. The van der Waals surface area contributed by atoms with E-state index in [1.807, 2.05) is 0 Å². The van der Waals surface area contributed by atoms with Crippen LogP contribution in [0, 0.1) is 24.4 Å². The van der Waals surface area contributed by atoms with Gasteiger partial charge in [0, 0.05) is 22.7 Å². The third kappa shape index (κ3) is 5.15. The highest BCUT2D eigenvalue weighted by Gasteiger charge is 2.56. The summed E-state index contributed by atoms with van der Waals surface area (Å²) in [5, 5.41) is 28.2. The van der Waals surface area contributed by atoms with Gasteiger partial charge in [0.05, 0.1) is 18.3 Å². The Labute approximate surface area is 214 Å². The smallest absolute Gasteiger partial charge is 0.418 e. The minimum Gasteiger partial charge on any atom is -0.508 e. The fourth-order valence-corrected chi connectivity index (χ4v) is 4.64. The lowest BCUT2D eigenvalue weighted by molar-refractivity contribution is -0.260. The van der Waals surface area contributed by atoms with Crippen molar-refractivity contribution in [2.45, 2.75) is 44.4 Å². The molecule has 0 bridgehead atoms. The molecule has 4 rings (SSSR count). The van der Waals surface area contributed by atoms with E-state index in [2.05, 4.69) is 10.4 Å². The number of aromatic nitrogens is 2. The molecular formula is C27H25F6N3O2. The van der Waals surface area contributed by atoms with Gasteiger partial charge in [-0.2, -0.15) is 18.3 Å². The predicted molar refractivity (Wildman–Crippen MR) is 131 cm³/mol.